The second kappa shape index (κ2) is 11.2. The number of benzene rings is 7. The van der Waals surface area contributed by atoms with Crippen LogP contribution in [0.25, 0.3) is 110 Å². The normalized spacial score (nSPS) is 11.8. The van der Waals surface area contributed by atoms with Gasteiger partial charge in [0.15, 0.2) is 0 Å². The van der Waals surface area contributed by atoms with Crippen LogP contribution >= 0.6 is 0 Å². The molecule has 11 aromatic rings. The van der Waals surface area contributed by atoms with Crippen molar-refractivity contribution in [3.63, 3.8) is 0 Å². The Kier molecular flexibility index (Phi) is 6.22. The van der Waals surface area contributed by atoms with Gasteiger partial charge in [-0.1, -0.05) is 109 Å². The van der Waals surface area contributed by atoms with Crippen LogP contribution in [0.3, 0.4) is 0 Å². The third kappa shape index (κ3) is 4.41. The fraction of sp³-hybridized carbons (Fsp3) is 0. The first kappa shape index (κ1) is 28.8. The first-order valence-electron chi connectivity index (χ1n) is 17.5. The molecule has 4 heteroatoms. The van der Waals surface area contributed by atoms with Gasteiger partial charge in [-0.3, -0.25) is 9.97 Å². The predicted molar refractivity (Wildman–Crippen MR) is 216 cm³/mol. The highest BCUT2D eigenvalue weighted by Gasteiger charge is 2.17. The van der Waals surface area contributed by atoms with E-state index in [-0.39, 0.29) is 0 Å². The van der Waals surface area contributed by atoms with Crippen molar-refractivity contribution in [3.05, 3.63) is 170 Å². The Labute approximate surface area is 298 Å². The molecular formula is C48H28N4. The molecule has 240 valence electrons. The quantitative estimate of drug-likeness (QED) is 0.140. The maximum Gasteiger partial charge on any atom is 0.0978 e. The van der Waals surface area contributed by atoms with Crippen molar-refractivity contribution in [3.8, 4) is 33.6 Å². The summed E-state index contributed by atoms with van der Waals surface area (Å²) in [5.41, 5.74) is 10.2. The van der Waals surface area contributed by atoms with Crippen molar-refractivity contribution in [1.82, 2.24) is 19.9 Å². The Hall–Kier alpha value is -7.04. The van der Waals surface area contributed by atoms with Crippen LogP contribution in [-0.4, -0.2) is 19.9 Å². The van der Waals surface area contributed by atoms with Crippen molar-refractivity contribution in [2.24, 2.45) is 0 Å². The molecule has 4 aromatic heterocycles. The summed E-state index contributed by atoms with van der Waals surface area (Å²) in [7, 11) is 0. The van der Waals surface area contributed by atoms with Gasteiger partial charge in [0.25, 0.3) is 0 Å². The topological polar surface area (TPSA) is 51.6 Å². The van der Waals surface area contributed by atoms with Crippen molar-refractivity contribution >= 4 is 75.9 Å². The van der Waals surface area contributed by atoms with E-state index in [1.54, 1.807) is 0 Å². The molecule has 0 aliphatic carbocycles. The van der Waals surface area contributed by atoms with Crippen LogP contribution in [0.5, 0.6) is 0 Å². The Morgan fingerprint density at radius 2 is 0.942 bits per heavy atom. The molecule has 52 heavy (non-hydrogen) atoms. The molecule has 7 aromatic carbocycles. The van der Waals surface area contributed by atoms with Crippen molar-refractivity contribution in [1.29, 1.82) is 0 Å². The highest BCUT2D eigenvalue weighted by molar-refractivity contribution is 6.27. The van der Waals surface area contributed by atoms with Gasteiger partial charge in [-0.05, 0) is 97.5 Å². The summed E-state index contributed by atoms with van der Waals surface area (Å²) in [6, 6.07) is 56.2. The Bertz CT molecular complexity index is 3220. The molecule has 0 aliphatic heterocycles. The van der Waals surface area contributed by atoms with Gasteiger partial charge >= 0.3 is 0 Å². The second-order valence-electron chi connectivity index (χ2n) is 13.4. The van der Waals surface area contributed by atoms with E-state index in [2.05, 4.69) is 132 Å². The summed E-state index contributed by atoms with van der Waals surface area (Å²) in [5, 5.41) is 11.9. The van der Waals surface area contributed by atoms with E-state index in [0.717, 1.165) is 66.1 Å². The van der Waals surface area contributed by atoms with Crippen LogP contribution in [0.4, 0.5) is 0 Å². The molecular weight excluding hydrogens is 633 g/mol. The molecule has 0 spiro atoms. The minimum Gasteiger partial charge on any atom is -0.255 e. The smallest absolute Gasteiger partial charge is 0.0978 e. The Morgan fingerprint density at radius 3 is 1.77 bits per heavy atom. The fourth-order valence-corrected chi connectivity index (χ4v) is 8.05. The largest absolute Gasteiger partial charge is 0.255 e. The molecule has 11 rings (SSSR count). The van der Waals surface area contributed by atoms with E-state index >= 15 is 0 Å². The number of hydrogen-bond donors (Lipinski definition) is 0. The lowest BCUT2D eigenvalue weighted by molar-refractivity contribution is 1.28. The summed E-state index contributed by atoms with van der Waals surface area (Å²) in [5.74, 6) is 0. The van der Waals surface area contributed by atoms with E-state index < -0.39 is 0 Å². The average molecular weight is 661 g/mol. The summed E-state index contributed by atoms with van der Waals surface area (Å²) >= 11 is 0. The number of aromatic nitrogens is 4. The lowest BCUT2D eigenvalue weighted by Gasteiger charge is -2.16. The third-order valence-electron chi connectivity index (χ3n) is 10.5. The summed E-state index contributed by atoms with van der Waals surface area (Å²) < 4.78 is 0. The van der Waals surface area contributed by atoms with Crippen LogP contribution in [0.2, 0.25) is 0 Å². The van der Waals surface area contributed by atoms with Crippen LogP contribution < -0.4 is 0 Å². The number of rotatable bonds is 3. The second-order valence-corrected chi connectivity index (χ2v) is 13.4. The average Bonchev–Trinajstić information content (AvgIpc) is 3.22. The summed E-state index contributed by atoms with van der Waals surface area (Å²) in [4.78, 5) is 19.4. The number of pyridine rings is 4. The highest BCUT2D eigenvalue weighted by atomic mass is 14.8. The highest BCUT2D eigenvalue weighted by Crippen LogP contribution is 2.42. The fourth-order valence-electron chi connectivity index (χ4n) is 8.05. The van der Waals surface area contributed by atoms with E-state index in [0.29, 0.717) is 0 Å². The van der Waals surface area contributed by atoms with Gasteiger partial charge in [0.2, 0.25) is 0 Å². The minimum atomic E-state index is 0.873. The van der Waals surface area contributed by atoms with E-state index in [9.17, 15) is 0 Å². The first-order chi connectivity index (χ1) is 25.8. The molecule has 0 saturated carbocycles. The van der Waals surface area contributed by atoms with E-state index in [1.807, 2.05) is 42.7 Å². The van der Waals surface area contributed by atoms with Gasteiger partial charge in [-0.2, -0.15) is 0 Å². The lowest BCUT2D eigenvalue weighted by atomic mass is 9.89. The van der Waals surface area contributed by atoms with Crippen LogP contribution in [0.15, 0.2) is 170 Å². The van der Waals surface area contributed by atoms with Crippen molar-refractivity contribution in [2.45, 2.75) is 0 Å². The Balaban J connectivity index is 1.11. The monoisotopic (exact) mass is 660 g/mol. The Morgan fingerprint density at radius 1 is 0.308 bits per heavy atom. The predicted octanol–water partition coefficient (Wildman–Crippen LogP) is 12.3. The third-order valence-corrected chi connectivity index (χ3v) is 10.5. The molecule has 0 atom stereocenters. The van der Waals surface area contributed by atoms with Crippen LogP contribution in [0, 0.1) is 0 Å². The van der Waals surface area contributed by atoms with Gasteiger partial charge in [-0.25, -0.2) is 9.97 Å². The number of fused-ring (bicyclic) bond motifs is 11. The molecule has 0 amide bonds. The molecule has 0 fully saturated rings. The number of para-hydroxylation sites is 1. The minimum absolute atomic E-state index is 0.873. The first-order valence-corrected chi connectivity index (χ1v) is 17.5. The summed E-state index contributed by atoms with van der Waals surface area (Å²) in [6.07, 6.45) is 3.66. The van der Waals surface area contributed by atoms with Gasteiger partial charge < -0.3 is 0 Å². The van der Waals surface area contributed by atoms with Crippen molar-refractivity contribution in [2.75, 3.05) is 0 Å². The van der Waals surface area contributed by atoms with Gasteiger partial charge in [0, 0.05) is 39.5 Å². The molecule has 4 heterocycles. The van der Waals surface area contributed by atoms with Gasteiger partial charge in [-0.15, -0.1) is 0 Å². The van der Waals surface area contributed by atoms with Gasteiger partial charge in [0.05, 0.1) is 33.5 Å². The molecule has 4 nitrogen and oxygen atoms in total. The lowest BCUT2D eigenvalue weighted by Crippen LogP contribution is -1.92. The zero-order valence-corrected chi connectivity index (χ0v) is 28.0. The molecule has 0 radical (unpaired) electrons. The number of nitrogens with zero attached hydrogens (tertiary/aromatic N) is 4. The van der Waals surface area contributed by atoms with E-state index in [4.69, 9.17) is 15.0 Å². The molecule has 0 N–H and O–H groups in total. The zero-order chi connectivity index (χ0) is 34.2. The maximum absolute atomic E-state index is 5.14. The molecule has 0 aliphatic rings. The van der Waals surface area contributed by atoms with Gasteiger partial charge in [0.1, 0.15) is 0 Å². The van der Waals surface area contributed by atoms with Crippen LogP contribution in [-0.2, 0) is 0 Å². The van der Waals surface area contributed by atoms with E-state index in [1.165, 1.54) is 43.4 Å². The standard InChI is InChI=1S/C48H28N4/c1-2-10-35-34(9-1)40-26-31(32-15-14-29-19-23-44(51-45(29)28-32)43-13-5-6-24-49-43)17-20-36(40)37-21-18-33(27-41(35)37)46-38-11-3-4-12-42(38)52-48-39(46)22-16-30-8-7-25-50-47(30)48/h1-28H. The van der Waals surface area contributed by atoms with Crippen molar-refractivity contribution < 1.29 is 0 Å². The molecule has 0 bridgehead atoms. The molecule has 0 unspecified atom stereocenters. The molecule has 0 saturated heterocycles. The summed E-state index contributed by atoms with van der Waals surface area (Å²) in [6.45, 7) is 0. The zero-order valence-electron chi connectivity index (χ0n) is 28.0. The SMILES string of the molecule is c1ccc(-c2ccc3ccc(-c4ccc5c6ccc(-c7c8ccccc8nc8c7ccc7cccnc78)cc6c6ccccc6c5c4)cc3n2)nc1. The van der Waals surface area contributed by atoms with Crippen LogP contribution in [0.1, 0.15) is 0 Å². The maximum atomic E-state index is 5.14. The number of hydrogen-bond acceptors (Lipinski definition) is 4.